The highest BCUT2D eigenvalue weighted by Gasteiger charge is 2.45. The standard InChI is InChI=1S/C8H12O4/c1-3-5-6(7(9)10)4(2)8(11)12-5/h4-6H,3H2,1-2H3,(H,9,10)/t4?,5?,6-/m1/s1. The van der Waals surface area contributed by atoms with E-state index in [1.54, 1.807) is 6.92 Å². The van der Waals surface area contributed by atoms with Gasteiger partial charge in [-0.1, -0.05) is 13.8 Å². The van der Waals surface area contributed by atoms with E-state index in [4.69, 9.17) is 9.84 Å². The van der Waals surface area contributed by atoms with Crippen LogP contribution in [0.25, 0.3) is 0 Å². The fourth-order valence-electron chi connectivity index (χ4n) is 1.51. The largest absolute Gasteiger partial charge is 0.481 e. The van der Waals surface area contributed by atoms with Gasteiger partial charge < -0.3 is 9.84 Å². The van der Waals surface area contributed by atoms with Gasteiger partial charge in [0.1, 0.15) is 12.0 Å². The molecule has 4 heteroatoms. The summed E-state index contributed by atoms with van der Waals surface area (Å²) in [4.78, 5) is 21.7. The van der Waals surface area contributed by atoms with Gasteiger partial charge in [-0.05, 0) is 6.42 Å². The lowest BCUT2D eigenvalue weighted by Gasteiger charge is -2.12. The zero-order chi connectivity index (χ0) is 9.30. The Balaban J connectivity index is 2.80. The molecule has 1 aliphatic heterocycles. The van der Waals surface area contributed by atoms with Crippen LogP contribution in [0.2, 0.25) is 0 Å². The first kappa shape index (κ1) is 9.03. The summed E-state index contributed by atoms with van der Waals surface area (Å²) in [6, 6.07) is 0. The Bertz CT molecular complexity index is 211. The number of aliphatic carboxylic acids is 1. The Kier molecular flexibility index (Phi) is 2.35. The van der Waals surface area contributed by atoms with Gasteiger partial charge >= 0.3 is 11.9 Å². The Labute approximate surface area is 70.5 Å². The molecule has 0 amide bonds. The summed E-state index contributed by atoms with van der Waals surface area (Å²) < 4.78 is 4.88. The van der Waals surface area contributed by atoms with Gasteiger partial charge in [0.05, 0.1) is 5.92 Å². The normalized spacial score (nSPS) is 34.8. The van der Waals surface area contributed by atoms with Crippen LogP contribution < -0.4 is 0 Å². The van der Waals surface area contributed by atoms with Crippen molar-refractivity contribution in [2.45, 2.75) is 26.4 Å². The summed E-state index contributed by atoms with van der Waals surface area (Å²) in [7, 11) is 0. The minimum Gasteiger partial charge on any atom is -0.481 e. The highest BCUT2D eigenvalue weighted by atomic mass is 16.6. The molecule has 12 heavy (non-hydrogen) atoms. The molecule has 1 saturated heterocycles. The molecule has 0 radical (unpaired) electrons. The third kappa shape index (κ3) is 1.29. The summed E-state index contributed by atoms with van der Waals surface area (Å²) in [6.45, 7) is 3.41. The topological polar surface area (TPSA) is 63.6 Å². The number of carboxylic acids is 1. The van der Waals surface area contributed by atoms with Gasteiger partial charge in [0.2, 0.25) is 0 Å². The molecule has 1 heterocycles. The highest BCUT2D eigenvalue weighted by molar-refractivity contribution is 5.84. The smallest absolute Gasteiger partial charge is 0.311 e. The number of rotatable bonds is 2. The number of carbonyl (C=O) groups excluding carboxylic acids is 1. The average molecular weight is 172 g/mol. The number of hydrogen-bond donors (Lipinski definition) is 1. The van der Waals surface area contributed by atoms with E-state index in [1.807, 2.05) is 6.92 Å². The average Bonchev–Trinajstić information content (AvgIpc) is 2.28. The maximum Gasteiger partial charge on any atom is 0.311 e. The molecular weight excluding hydrogens is 160 g/mol. The van der Waals surface area contributed by atoms with Crippen LogP contribution in [0, 0.1) is 11.8 Å². The second kappa shape index (κ2) is 3.13. The molecule has 1 N–H and O–H groups in total. The van der Waals surface area contributed by atoms with E-state index in [0.29, 0.717) is 6.42 Å². The molecule has 68 valence electrons. The Morgan fingerprint density at radius 1 is 1.67 bits per heavy atom. The van der Waals surface area contributed by atoms with Crippen molar-refractivity contribution in [3.8, 4) is 0 Å². The van der Waals surface area contributed by atoms with Crippen molar-refractivity contribution < 1.29 is 19.4 Å². The molecule has 1 rings (SSSR count). The molecule has 0 bridgehead atoms. The van der Waals surface area contributed by atoms with Gasteiger partial charge in [-0.3, -0.25) is 9.59 Å². The summed E-state index contributed by atoms with van der Waals surface area (Å²) in [6.07, 6.45) is 0.123. The Morgan fingerprint density at radius 3 is 2.58 bits per heavy atom. The van der Waals surface area contributed by atoms with E-state index in [9.17, 15) is 9.59 Å². The van der Waals surface area contributed by atoms with Crippen LogP contribution in [0.4, 0.5) is 0 Å². The van der Waals surface area contributed by atoms with Gasteiger partial charge in [0, 0.05) is 0 Å². The Morgan fingerprint density at radius 2 is 2.25 bits per heavy atom. The van der Waals surface area contributed by atoms with Crippen LogP contribution >= 0.6 is 0 Å². The minimum atomic E-state index is -0.944. The number of esters is 1. The zero-order valence-corrected chi connectivity index (χ0v) is 7.11. The van der Waals surface area contributed by atoms with Gasteiger partial charge in [0.15, 0.2) is 0 Å². The van der Waals surface area contributed by atoms with E-state index in [1.165, 1.54) is 0 Å². The lowest BCUT2D eigenvalue weighted by molar-refractivity contribution is -0.144. The second-order valence-electron chi connectivity index (χ2n) is 3.04. The van der Waals surface area contributed by atoms with Crippen LogP contribution in [0.3, 0.4) is 0 Å². The van der Waals surface area contributed by atoms with Gasteiger partial charge in [-0.2, -0.15) is 0 Å². The molecule has 4 nitrogen and oxygen atoms in total. The van der Waals surface area contributed by atoms with Crippen molar-refractivity contribution in [2.75, 3.05) is 0 Å². The van der Waals surface area contributed by atoms with Crippen LogP contribution in [0.5, 0.6) is 0 Å². The fourth-order valence-corrected chi connectivity index (χ4v) is 1.51. The number of hydrogen-bond acceptors (Lipinski definition) is 3. The van der Waals surface area contributed by atoms with Crippen LogP contribution in [0.1, 0.15) is 20.3 Å². The molecule has 1 fully saturated rings. The molecule has 3 atom stereocenters. The van der Waals surface area contributed by atoms with E-state index in [2.05, 4.69) is 0 Å². The summed E-state index contributed by atoms with van der Waals surface area (Å²) in [5.74, 6) is -2.51. The number of carbonyl (C=O) groups is 2. The Hall–Kier alpha value is -1.06. The maximum atomic E-state index is 11.0. The second-order valence-corrected chi connectivity index (χ2v) is 3.04. The number of carboxylic acid groups (broad SMARTS) is 1. The van der Waals surface area contributed by atoms with Crippen molar-refractivity contribution in [1.29, 1.82) is 0 Å². The van der Waals surface area contributed by atoms with Crippen LogP contribution in [-0.4, -0.2) is 23.1 Å². The van der Waals surface area contributed by atoms with Crippen molar-refractivity contribution in [2.24, 2.45) is 11.8 Å². The first-order chi connectivity index (χ1) is 5.57. The third-order valence-electron chi connectivity index (χ3n) is 2.27. The van der Waals surface area contributed by atoms with Gasteiger partial charge in [-0.15, -0.1) is 0 Å². The van der Waals surface area contributed by atoms with Crippen molar-refractivity contribution in [3.63, 3.8) is 0 Å². The molecule has 0 aromatic rings. The molecule has 0 spiro atoms. The quantitative estimate of drug-likeness (QED) is 0.621. The molecule has 1 aliphatic rings. The first-order valence-corrected chi connectivity index (χ1v) is 4.01. The lowest BCUT2D eigenvalue weighted by Crippen LogP contribution is -2.27. The summed E-state index contributed by atoms with van der Waals surface area (Å²) in [5.41, 5.74) is 0. The van der Waals surface area contributed by atoms with E-state index in [-0.39, 0.29) is 0 Å². The predicted octanol–water partition coefficient (Wildman–Crippen LogP) is 0.659. The van der Waals surface area contributed by atoms with Crippen molar-refractivity contribution in [3.05, 3.63) is 0 Å². The zero-order valence-electron chi connectivity index (χ0n) is 7.11. The third-order valence-corrected chi connectivity index (χ3v) is 2.27. The van der Waals surface area contributed by atoms with E-state index in [0.717, 1.165) is 0 Å². The van der Waals surface area contributed by atoms with E-state index >= 15 is 0 Å². The SMILES string of the molecule is CCC1OC(=O)C(C)[C@H]1C(=O)O. The van der Waals surface area contributed by atoms with Gasteiger partial charge in [0.25, 0.3) is 0 Å². The molecule has 2 unspecified atom stereocenters. The maximum absolute atomic E-state index is 11.0. The fraction of sp³-hybridized carbons (Fsp3) is 0.750. The number of ether oxygens (including phenoxy) is 1. The molecular formula is C8H12O4. The van der Waals surface area contributed by atoms with Crippen molar-refractivity contribution in [1.82, 2.24) is 0 Å². The number of cyclic esters (lactones) is 1. The lowest BCUT2D eigenvalue weighted by atomic mass is 9.91. The molecule has 0 aromatic carbocycles. The molecule has 0 saturated carbocycles. The first-order valence-electron chi connectivity index (χ1n) is 4.01. The minimum absolute atomic E-state index is 0.394. The predicted molar refractivity (Wildman–Crippen MR) is 40.5 cm³/mol. The van der Waals surface area contributed by atoms with Gasteiger partial charge in [-0.25, -0.2) is 0 Å². The van der Waals surface area contributed by atoms with Crippen LogP contribution in [-0.2, 0) is 14.3 Å². The summed E-state index contributed by atoms with van der Waals surface area (Å²) >= 11 is 0. The monoisotopic (exact) mass is 172 g/mol. The van der Waals surface area contributed by atoms with Crippen molar-refractivity contribution >= 4 is 11.9 Å². The van der Waals surface area contributed by atoms with Crippen LogP contribution in [0.15, 0.2) is 0 Å². The van der Waals surface area contributed by atoms with E-state index < -0.39 is 29.9 Å². The molecule has 0 aliphatic carbocycles. The summed E-state index contributed by atoms with van der Waals surface area (Å²) in [5, 5.41) is 8.77. The highest BCUT2D eigenvalue weighted by Crippen LogP contribution is 2.29. The molecule has 0 aromatic heterocycles.